The molecule has 0 aliphatic carbocycles. The highest BCUT2D eigenvalue weighted by Gasteiger charge is 2.24. The van der Waals surface area contributed by atoms with Crippen LogP contribution in [0.3, 0.4) is 0 Å². The van der Waals surface area contributed by atoms with Gasteiger partial charge in [0.05, 0.1) is 38.6 Å². The Morgan fingerprint density at radius 3 is 2.29 bits per heavy atom. The molecule has 0 fully saturated rings. The highest BCUT2D eigenvalue weighted by Crippen LogP contribution is 2.29. The van der Waals surface area contributed by atoms with Crippen LogP contribution in [0.4, 0.5) is 22.7 Å². The number of non-ortho nitro benzene ring substituents is 1. The second-order valence-corrected chi connectivity index (χ2v) is 8.23. The average molecular weight is 485 g/mol. The number of nitrogens with zero attached hydrogens (tertiary/aromatic N) is 3. The number of carboxylic acids is 1. The van der Waals surface area contributed by atoms with Crippen molar-refractivity contribution in [2.45, 2.75) is 4.90 Å². The topological polar surface area (TPSA) is 194 Å². The van der Waals surface area contributed by atoms with Crippen molar-refractivity contribution in [1.82, 2.24) is 0 Å². The van der Waals surface area contributed by atoms with Gasteiger partial charge in [0.1, 0.15) is 4.90 Å². The maximum absolute atomic E-state index is 13.0. The Kier molecular flexibility index (Phi) is 6.82. The van der Waals surface area contributed by atoms with E-state index in [1.165, 1.54) is 42.5 Å². The molecule has 0 bridgehead atoms. The van der Waals surface area contributed by atoms with Crippen molar-refractivity contribution in [3.05, 3.63) is 98.1 Å². The first-order chi connectivity index (χ1) is 16.1. The van der Waals surface area contributed by atoms with Crippen molar-refractivity contribution in [1.29, 1.82) is 0 Å². The molecule has 3 N–H and O–H groups in total. The average Bonchev–Trinajstić information content (AvgIpc) is 2.79. The van der Waals surface area contributed by atoms with Crippen molar-refractivity contribution >= 4 is 45.0 Å². The monoisotopic (exact) mass is 485 g/mol. The van der Waals surface area contributed by atoms with E-state index in [1.807, 2.05) is 0 Å². The summed E-state index contributed by atoms with van der Waals surface area (Å²) < 4.78 is 28.2. The van der Waals surface area contributed by atoms with Gasteiger partial charge in [0.25, 0.3) is 21.4 Å². The number of nitrogens with one attached hydrogen (secondary N) is 2. The van der Waals surface area contributed by atoms with Gasteiger partial charge in [0.15, 0.2) is 0 Å². The van der Waals surface area contributed by atoms with Crippen molar-refractivity contribution < 1.29 is 28.2 Å². The highest BCUT2D eigenvalue weighted by atomic mass is 32.2. The van der Waals surface area contributed by atoms with Crippen LogP contribution >= 0.6 is 0 Å². The molecule has 13 nitrogen and oxygen atoms in total. The molecular formula is C20H15N5O8S. The molecular weight excluding hydrogens is 470 g/mol. The van der Waals surface area contributed by atoms with Crippen LogP contribution in [0.2, 0.25) is 0 Å². The predicted molar refractivity (Wildman–Crippen MR) is 122 cm³/mol. The number of benzene rings is 3. The van der Waals surface area contributed by atoms with E-state index in [1.54, 1.807) is 6.07 Å². The molecule has 3 rings (SSSR count). The molecule has 0 spiro atoms. The lowest BCUT2D eigenvalue weighted by Crippen LogP contribution is -2.17. The summed E-state index contributed by atoms with van der Waals surface area (Å²) in [7, 11) is -4.54. The molecule has 3 aromatic rings. The minimum absolute atomic E-state index is 0.125. The number of hydrogen-bond donors (Lipinski definition) is 3. The van der Waals surface area contributed by atoms with E-state index in [4.69, 9.17) is 0 Å². The fourth-order valence-corrected chi connectivity index (χ4v) is 4.09. The van der Waals surface area contributed by atoms with Crippen LogP contribution in [0.15, 0.2) is 76.7 Å². The first kappa shape index (κ1) is 23.8. The summed E-state index contributed by atoms with van der Waals surface area (Å²) in [6, 6.07) is 13.8. The Labute approximate surface area is 191 Å². The lowest BCUT2D eigenvalue weighted by molar-refractivity contribution is -0.385. The van der Waals surface area contributed by atoms with Crippen molar-refractivity contribution in [2.75, 3.05) is 10.1 Å². The number of rotatable bonds is 9. The number of carboxylic acid groups (broad SMARTS) is 1. The second kappa shape index (κ2) is 9.74. The van der Waals surface area contributed by atoms with E-state index in [9.17, 15) is 38.5 Å². The molecule has 0 saturated carbocycles. The lowest BCUT2D eigenvalue weighted by Gasteiger charge is -2.13. The van der Waals surface area contributed by atoms with Crippen LogP contribution in [-0.4, -0.2) is 35.6 Å². The Morgan fingerprint density at radius 2 is 1.62 bits per heavy atom. The zero-order chi connectivity index (χ0) is 24.9. The third kappa shape index (κ3) is 5.31. The molecule has 3 aromatic carbocycles. The zero-order valence-corrected chi connectivity index (χ0v) is 17.8. The van der Waals surface area contributed by atoms with E-state index in [2.05, 4.69) is 15.2 Å². The predicted octanol–water partition coefficient (Wildman–Crippen LogP) is 3.45. The maximum Gasteiger partial charge on any atom is 0.337 e. The number of sulfonamides is 1. The van der Waals surface area contributed by atoms with E-state index >= 15 is 0 Å². The van der Waals surface area contributed by atoms with Crippen molar-refractivity contribution in [2.24, 2.45) is 5.10 Å². The van der Waals surface area contributed by atoms with Crippen LogP contribution in [-0.2, 0) is 10.0 Å². The van der Waals surface area contributed by atoms with Gasteiger partial charge in [-0.15, -0.1) is 0 Å². The van der Waals surface area contributed by atoms with Gasteiger partial charge >= 0.3 is 5.97 Å². The standard InChI is InChI=1S/C20H15N5O8S/c26-20(27)15-6-2-3-7-16(15)23-34(32,33)19-11-14(24(28)29)9-10-17(19)22-21-12-13-5-1-4-8-18(13)25(30)31/h1-12,22-23H,(H,26,27). The quantitative estimate of drug-likeness (QED) is 0.231. The van der Waals surface area contributed by atoms with Gasteiger partial charge in [-0.25, -0.2) is 13.2 Å². The normalized spacial score (nSPS) is 11.2. The van der Waals surface area contributed by atoms with Crippen LogP contribution in [0.1, 0.15) is 15.9 Å². The summed E-state index contributed by atoms with van der Waals surface area (Å²) >= 11 is 0. The molecule has 174 valence electrons. The second-order valence-electron chi connectivity index (χ2n) is 6.58. The molecule has 0 radical (unpaired) electrons. The summed E-state index contributed by atoms with van der Waals surface area (Å²) in [5, 5.41) is 35.4. The summed E-state index contributed by atoms with van der Waals surface area (Å²) in [5.74, 6) is -1.38. The SMILES string of the molecule is O=C(O)c1ccccc1NS(=O)(=O)c1cc([N+](=O)[O-])ccc1NN=Cc1ccccc1[N+](=O)[O-]. The minimum atomic E-state index is -4.54. The highest BCUT2D eigenvalue weighted by molar-refractivity contribution is 7.93. The molecule has 0 saturated heterocycles. The lowest BCUT2D eigenvalue weighted by atomic mass is 10.2. The van der Waals surface area contributed by atoms with Crippen molar-refractivity contribution in [3.63, 3.8) is 0 Å². The third-order valence-corrected chi connectivity index (χ3v) is 5.79. The molecule has 14 heteroatoms. The molecule has 0 aliphatic rings. The van der Waals surface area contributed by atoms with Crippen LogP contribution in [0, 0.1) is 20.2 Å². The van der Waals surface area contributed by atoms with E-state index in [0.29, 0.717) is 0 Å². The van der Waals surface area contributed by atoms with Gasteiger partial charge in [-0.05, 0) is 24.3 Å². The summed E-state index contributed by atoms with van der Waals surface area (Å²) in [6.45, 7) is 0. The molecule has 34 heavy (non-hydrogen) atoms. The molecule has 0 atom stereocenters. The molecule has 0 aromatic heterocycles. The van der Waals surface area contributed by atoms with Gasteiger partial charge in [-0.1, -0.05) is 24.3 Å². The first-order valence-electron chi connectivity index (χ1n) is 9.26. The number of aromatic carboxylic acids is 1. The molecule has 0 amide bonds. The number of nitro groups is 2. The Balaban J connectivity index is 2.00. The van der Waals surface area contributed by atoms with E-state index in [-0.39, 0.29) is 28.2 Å². The number of hydrazone groups is 1. The third-order valence-electron chi connectivity index (χ3n) is 4.39. The Hall–Kier alpha value is -4.85. The molecule has 0 heterocycles. The van der Waals surface area contributed by atoms with Crippen LogP contribution < -0.4 is 10.1 Å². The fourth-order valence-electron chi connectivity index (χ4n) is 2.83. The molecule has 0 unspecified atom stereocenters. The van der Waals surface area contributed by atoms with Crippen LogP contribution in [0.25, 0.3) is 0 Å². The van der Waals surface area contributed by atoms with Crippen LogP contribution in [0.5, 0.6) is 0 Å². The van der Waals surface area contributed by atoms with Gasteiger partial charge < -0.3 is 5.11 Å². The van der Waals surface area contributed by atoms with Gasteiger partial charge in [-0.2, -0.15) is 5.10 Å². The largest absolute Gasteiger partial charge is 0.478 e. The Bertz CT molecular complexity index is 1420. The molecule has 0 aliphatic heterocycles. The fraction of sp³-hybridized carbons (Fsp3) is 0. The smallest absolute Gasteiger partial charge is 0.337 e. The number of carbonyl (C=O) groups is 1. The van der Waals surface area contributed by atoms with Gasteiger partial charge in [0.2, 0.25) is 0 Å². The maximum atomic E-state index is 13.0. The summed E-state index contributed by atoms with van der Waals surface area (Å²) in [4.78, 5) is 31.7. The van der Waals surface area contributed by atoms with Gasteiger partial charge in [0, 0.05) is 18.2 Å². The van der Waals surface area contributed by atoms with E-state index in [0.717, 1.165) is 24.4 Å². The van der Waals surface area contributed by atoms with E-state index < -0.39 is 36.4 Å². The number of hydrogen-bond acceptors (Lipinski definition) is 9. The summed E-state index contributed by atoms with van der Waals surface area (Å²) in [6.07, 6.45) is 1.09. The first-order valence-corrected chi connectivity index (χ1v) is 10.7. The Morgan fingerprint density at radius 1 is 0.941 bits per heavy atom. The minimum Gasteiger partial charge on any atom is -0.478 e. The van der Waals surface area contributed by atoms with Gasteiger partial charge in [-0.3, -0.25) is 30.4 Å². The summed E-state index contributed by atoms with van der Waals surface area (Å²) in [5.41, 5.74) is 0.976. The van der Waals surface area contributed by atoms with Crippen molar-refractivity contribution in [3.8, 4) is 0 Å². The number of para-hydroxylation sites is 2. The number of anilines is 2. The zero-order valence-electron chi connectivity index (χ0n) is 17.0. The number of nitro benzene ring substituents is 2.